The van der Waals surface area contributed by atoms with Crippen LogP contribution in [0.2, 0.25) is 0 Å². The van der Waals surface area contributed by atoms with E-state index < -0.39 is 29.9 Å². The lowest BCUT2D eigenvalue weighted by atomic mass is 9.88. The minimum absolute atomic E-state index is 0.00148. The summed E-state index contributed by atoms with van der Waals surface area (Å²) in [5, 5.41) is 22.9. The molecule has 0 saturated heterocycles. The Morgan fingerprint density at radius 1 is 1.14 bits per heavy atom. The number of aliphatic hydroxyl groups excluding tert-OH is 1. The molecule has 0 saturated carbocycles. The molecular formula is C28H36F3NO4. The van der Waals surface area contributed by atoms with Gasteiger partial charge in [0.1, 0.15) is 0 Å². The van der Waals surface area contributed by atoms with Gasteiger partial charge in [-0.1, -0.05) is 30.3 Å². The van der Waals surface area contributed by atoms with Crippen LogP contribution in [0.1, 0.15) is 67.5 Å². The number of nitrogens with one attached hydrogen (secondary N) is 1. The number of alkyl halides is 3. The summed E-state index contributed by atoms with van der Waals surface area (Å²) in [7, 11) is 0. The average Bonchev–Trinajstić information content (AvgIpc) is 3.20. The molecule has 2 aromatic carbocycles. The molecule has 0 amide bonds. The van der Waals surface area contributed by atoms with Gasteiger partial charge in [0.25, 0.3) is 0 Å². The van der Waals surface area contributed by atoms with Gasteiger partial charge in [0.05, 0.1) is 24.4 Å². The maximum atomic E-state index is 13.1. The van der Waals surface area contributed by atoms with Crippen LogP contribution in [0.25, 0.3) is 0 Å². The van der Waals surface area contributed by atoms with Crippen molar-refractivity contribution in [3.63, 3.8) is 0 Å². The standard InChI is InChI=1S/C28H36F3NO4/c1-18(25-10-9-23(28(29,30)31)14-22(25)8-11-26(34)35)36-17-24(33)16-32-27(2,3)15-19-12-20-6-4-5-7-21(20)13-19/h4-7,9-10,14,18-19,24,32-33H,8,11-13,15-17H2,1-3H3,(H,34,35)/t18-,24?/m1/s1. The number of carbonyl (C=O) groups is 1. The lowest BCUT2D eigenvalue weighted by Crippen LogP contribution is -2.45. The van der Waals surface area contributed by atoms with Gasteiger partial charge in [0.15, 0.2) is 0 Å². The predicted molar refractivity (Wildman–Crippen MR) is 132 cm³/mol. The van der Waals surface area contributed by atoms with Gasteiger partial charge in [-0.15, -0.1) is 0 Å². The van der Waals surface area contributed by atoms with Gasteiger partial charge in [-0.25, -0.2) is 0 Å². The number of hydrogen-bond acceptors (Lipinski definition) is 4. The molecule has 3 rings (SSSR count). The lowest BCUT2D eigenvalue weighted by Gasteiger charge is -2.31. The van der Waals surface area contributed by atoms with E-state index in [1.807, 2.05) is 0 Å². The molecule has 3 N–H and O–H groups in total. The molecule has 1 aliphatic rings. The van der Waals surface area contributed by atoms with E-state index >= 15 is 0 Å². The van der Waals surface area contributed by atoms with Crippen LogP contribution in [-0.4, -0.2) is 41.0 Å². The molecule has 36 heavy (non-hydrogen) atoms. The number of fused-ring (bicyclic) bond motifs is 1. The largest absolute Gasteiger partial charge is 0.481 e. The summed E-state index contributed by atoms with van der Waals surface area (Å²) < 4.78 is 45.2. The second-order valence-corrected chi connectivity index (χ2v) is 10.4. The Morgan fingerprint density at radius 3 is 2.36 bits per heavy atom. The van der Waals surface area contributed by atoms with E-state index in [1.54, 1.807) is 6.92 Å². The Morgan fingerprint density at radius 2 is 1.78 bits per heavy atom. The number of halogens is 3. The normalized spacial score (nSPS) is 16.1. The highest BCUT2D eigenvalue weighted by atomic mass is 19.4. The van der Waals surface area contributed by atoms with E-state index in [0.717, 1.165) is 31.4 Å². The number of carboxylic acid groups (broad SMARTS) is 1. The van der Waals surface area contributed by atoms with E-state index in [1.165, 1.54) is 17.2 Å². The Labute approximate surface area is 210 Å². The topological polar surface area (TPSA) is 78.8 Å². The fourth-order valence-electron chi connectivity index (χ4n) is 5.02. The molecule has 0 spiro atoms. The van der Waals surface area contributed by atoms with Crippen molar-refractivity contribution >= 4 is 5.97 Å². The van der Waals surface area contributed by atoms with Gasteiger partial charge >= 0.3 is 12.1 Å². The first-order valence-corrected chi connectivity index (χ1v) is 12.4. The van der Waals surface area contributed by atoms with Crippen LogP contribution in [0.5, 0.6) is 0 Å². The van der Waals surface area contributed by atoms with Gasteiger partial charge in [0.2, 0.25) is 0 Å². The number of ether oxygens (including phenoxy) is 1. The van der Waals surface area contributed by atoms with E-state index in [0.29, 0.717) is 18.0 Å². The SMILES string of the molecule is C[C@@H](OCC(O)CNC(C)(C)CC1Cc2ccccc2C1)c1ccc(C(F)(F)F)cc1CCC(=O)O. The van der Waals surface area contributed by atoms with Crippen LogP contribution in [0.3, 0.4) is 0 Å². The maximum Gasteiger partial charge on any atom is 0.416 e. The van der Waals surface area contributed by atoms with Gasteiger partial charge in [0, 0.05) is 18.5 Å². The Bertz CT molecular complexity index is 1010. The van der Waals surface area contributed by atoms with Crippen LogP contribution in [0.4, 0.5) is 13.2 Å². The van der Waals surface area contributed by atoms with Gasteiger partial charge in [-0.2, -0.15) is 13.2 Å². The molecule has 2 atom stereocenters. The zero-order valence-electron chi connectivity index (χ0n) is 21.1. The average molecular weight is 508 g/mol. The molecule has 5 nitrogen and oxygen atoms in total. The smallest absolute Gasteiger partial charge is 0.416 e. The third-order valence-electron chi connectivity index (χ3n) is 6.81. The number of aliphatic hydroxyl groups is 1. The minimum Gasteiger partial charge on any atom is -0.481 e. The van der Waals surface area contributed by atoms with Gasteiger partial charge in [-0.3, -0.25) is 4.79 Å². The first kappa shape index (κ1) is 28.2. The van der Waals surface area contributed by atoms with E-state index in [9.17, 15) is 23.1 Å². The molecule has 0 bridgehead atoms. The van der Waals surface area contributed by atoms with E-state index in [4.69, 9.17) is 9.84 Å². The minimum atomic E-state index is -4.52. The monoisotopic (exact) mass is 507 g/mol. The van der Waals surface area contributed by atoms with Crippen molar-refractivity contribution in [2.45, 2.75) is 76.8 Å². The summed E-state index contributed by atoms with van der Waals surface area (Å²) in [6.45, 7) is 6.23. The second kappa shape index (κ2) is 11.8. The van der Waals surface area contributed by atoms with Crippen molar-refractivity contribution in [2.75, 3.05) is 13.2 Å². The fraction of sp³-hybridized carbons (Fsp3) is 0.536. The number of β-amino-alcohol motifs (C(OH)–C–C–N with tert-alkyl or cyclic N) is 1. The summed E-state index contributed by atoms with van der Waals surface area (Å²) in [4.78, 5) is 11.0. The zero-order chi connectivity index (χ0) is 26.5. The molecule has 0 aliphatic heterocycles. The number of hydrogen-bond donors (Lipinski definition) is 3. The second-order valence-electron chi connectivity index (χ2n) is 10.4. The number of aryl methyl sites for hydroxylation is 1. The number of carboxylic acids is 1. The number of benzene rings is 2. The van der Waals surface area contributed by atoms with Crippen molar-refractivity contribution in [2.24, 2.45) is 5.92 Å². The van der Waals surface area contributed by atoms with Crippen LogP contribution in [0, 0.1) is 5.92 Å². The highest BCUT2D eigenvalue weighted by Gasteiger charge is 2.32. The number of aliphatic carboxylic acids is 1. The Balaban J connectivity index is 1.51. The van der Waals surface area contributed by atoms with E-state index in [2.05, 4.69) is 43.4 Å². The highest BCUT2D eigenvalue weighted by Crippen LogP contribution is 2.34. The summed E-state index contributed by atoms with van der Waals surface area (Å²) in [6.07, 6.45) is -3.16. The molecule has 198 valence electrons. The van der Waals surface area contributed by atoms with Crippen molar-refractivity contribution in [1.82, 2.24) is 5.32 Å². The van der Waals surface area contributed by atoms with Crippen LogP contribution in [0.15, 0.2) is 42.5 Å². The molecule has 1 unspecified atom stereocenters. The summed E-state index contributed by atoms with van der Waals surface area (Å²) in [5.74, 6) is -0.542. The summed E-state index contributed by atoms with van der Waals surface area (Å²) >= 11 is 0. The molecule has 2 aromatic rings. The summed E-state index contributed by atoms with van der Waals surface area (Å²) in [5.41, 5.74) is 2.59. The Kier molecular flexibility index (Phi) is 9.19. The van der Waals surface area contributed by atoms with Gasteiger partial charge in [-0.05, 0) is 86.8 Å². The third-order valence-corrected chi connectivity index (χ3v) is 6.81. The molecule has 0 fully saturated rings. The molecule has 0 radical (unpaired) electrons. The maximum absolute atomic E-state index is 13.1. The van der Waals surface area contributed by atoms with Crippen LogP contribution < -0.4 is 5.32 Å². The lowest BCUT2D eigenvalue weighted by molar-refractivity contribution is -0.137. The zero-order valence-corrected chi connectivity index (χ0v) is 21.1. The summed E-state index contributed by atoms with van der Waals surface area (Å²) in [6, 6.07) is 11.8. The van der Waals surface area contributed by atoms with Crippen LogP contribution >= 0.6 is 0 Å². The molecule has 8 heteroatoms. The predicted octanol–water partition coefficient (Wildman–Crippen LogP) is 5.33. The quantitative estimate of drug-likeness (QED) is 0.362. The van der Waals surface area contributed by atoms with Crippen molar-refractivity contribution < 1.29 is 32.9 Å². The van der Waals surface area contributed by atoms with Crippen molar-refractivity contribution in [3.05, 3.63) is 70.3 Å². The molecule has 0 aromatic heterocycles. The molecule has 1 aliphatic carbocycles. The fourth-order valence-corrected chi connectivity index (χ4v) is 5.02. The third kappa shape index (κ3) is 8.05. The van der Waals surface area contributed by atoms with Crippen molar-refractivity contribution in [1.29, 1.82) is 0 Å². The van der Waals surface area contributed by atoms with Crippen molar-refractivity contribution in [3.8, 4) is 0 Å². The van der Waals surface area contributed by atoms with Gasteiger partial charge < -0.3 is 20.3 Å². The first-order valence-electron chi connectivity index (χ1n) is 12.4. The molecular weight excluding hydrogens is 471 g/mol. The highest BCUT2D eigenvalue weighted by molar-refractivity contribution is 5.67. The molecule has 0 heterocycles. The first-order chi connectivity index (χ1) is 16.8. The van der Waals surface area contributed by atoms with E-state index in [-0.39, 0.29) is 30.6 Å². The van der Waals surface area contributed by atoms with Crippen LogP contribution in [-0.2, 0) is 35.0 Å². The Hall–Kier alpha value is -2.42. The number of rotatable bonds is 12.